The Morgan fingerprint density at radius 3 is 2.35 bits per heavy atom. The summed E-state index contributed by atoms with van der Waals surface area (Å²) in [4.78, 5) is 1.95. The van der Waals surface area contributed by atoms with E-state index in [1.807, 2.05) is 11.9 Å². The van der Waals surface area contributed by atoms with E-state index < -0.39 is 0 Å². The predicted molar refractivity (Wildman–Crippen MR) is 86.4 cm³/mol. The zero-order chi connectivity index (χ0) is 14.7. The molecule has 0 bridgehead atoms. The van der Waals surface area contributed by atoms with Gasteiger partial charge in [-0.2, -0.15) is 0 Å². The standard InChI is InChI=1S/C16H18BrFN2/c1-3-11-4-6-12(7-5-11)10-20(2)16-9-14(18)13(17)8-15(16)19/h4-9H,3,10,19H2,1-2H3. The number of halogens is 2. The third-order valence-corrected chi connectivity index (χ3v) is 3.94. The third-order valence-electron chi connectivity index (χ3n) is 3.33. The van der Waals surface area contributed by atoms with E-state index >= 15 is 0 Å². The monoisotopic (exact) mass is 336 g/mol. The van der Waals surface area contributed by atoms with Crippen LogP contribution in [0.2, 0.25) is 0 Å². The van der Waals surface area contributed by atoms with Gasteiger partial charge in [-0.15, -0.1) is 0 Å². The molecule has 0 amide bonds. The molecule has 106 valence electrons. The molecule has 2 aromatic carbocycles. The van der Waals surface area contributed by atoms with Crippen LogP contribution < -0.4 is 10.6 Å². The number of aryl methyl sites for hydroxylation is 1. The van der Waals surface area contributed by atoms with Gasteiger partial charge in [0, 0.05) is 19.7 Å². The van der Waals surface area contributed by atoms with Crippen molar-refractivity contribution in [2.45, 2.75) is 19.9 Å². The van der Waals surface area contributed by atoms with Crippen molar-refractivity contribution in [2.24, 2.45) is 0 Å². The minimum Gasteiger partial charge on any atom is -0.397 e. The first-order valence-corrected chi connectivity index (χ1v) is 7.34. The molecule has 2 aromatic rings. The van der Waals surface area contributed by atoms with Crippen LogP contribution in [-0.4, -0.2) is 7.05 Å². The second-order valence-corrected chi connectivity index (χ2v) is 5.71. The zero-order valence-electron chi connectivity index (χ0n) is 11.7. The fourth-order valence-electron chi connectivity index (χ4n) is 2.12. The lowest BCUT2D eigenvalue weighted by atomic mass is 10.1. The largest absolute Gasteiger partial charge is 0.397 e. The summed E-state index contributed by atoms with van der Waals surface area (Å²) in [5.41, 5.74) is 9.70. The van der Waals surface area contributed by atoms with Crippen molar-refractivity contribution in [2.75, 3.05) is 17.7 Å². The molecule has 2 nitrogen and oxygen atoms in total. The molecule has 0 unspecified atom stereocenters. The maximum absolute atomic E-state index is 13.6. The van der Waals surface area contributed by atoms with E-state index in [1.54, 1.807) is 6.07 Å². The lowest BCUT2D eigenvalue weighted by Crippen LogP contribution is -2.18. The molecular formula is C16H18BrFN2. The molecule has 0 radical (unpaired) electrons. The minimum absolute atomic E-state index is 0.303. The van der Waals surface area contributed by atoms with Gasteiger partial charge in [-0.05, 0) is 39.5 Å². The molecule has 0 heterocycles. The summed E-state index contributed by atoms with van der Waals surface area (Å²) >= 11 is 3.14. The Kier molecular flexibility index (Phi) is 4.65. The SMILES string of the molecule is CCc1ccc(CN(C)c2cc(F)c(Br)cc2N)cc1. The highest BCUT2D eigenvalue weighted by atomic mass is 79.9. The van der Waals surface area contributed by atoms with Gasteiger partial charge in [-0.1, -0.05) is 31.2 Å². The molecule has 0 fully saturated rings. The third kappa shape index (κ3) is 3.31. The Morgan fingerprint density at radius 1 is 1.15 bits per heavy atom. The molecule has 2 rings (SSSR count). The summed E-state index contributed by atoms with van der Waals surface area (Å²) in [6.07, 6.45) is 1.03. The highest BCUT2D eigenvalue weighted by molar-refractivity contribution is 9.10. The summed E-state index contributed by atoms with van der Waals surface area (Å²) < 4.78 is 14.0. The van der Waals surface area contributed by atoms with E-state index in [4.69, 9.17) is 5.73 Å². The first kappa shape index (κ1) is 14.9. The number of nitrogens with two attached hydrogens (primary N) is 1. The first-order chi connectivity index (χ1) is 9.51. The van der Waals surface area contributed by atoms with Crippen LogP contribution in [0.4, 0.5) is 15.8 Å². The topological polar surface area (TPSA) is 29.3 Å². The zero-order valence-corrected chi connectivity index (χ0v) is 13.2. The average molecular weight is 337 g/mol. The average Bonchev–Trinajstić information content (AvgIpc) is 2.43. The maximum Gasteiger partial charge on any atom is 0.139 e. The molecule has 0 spiro atoms. The van der Waals surface area contributed by atoms with Gasteiger partial charge in [-0.3, -0.25) is 0 Å². The molecule has 0 atom stereocenters. The van der Waals surface area contributed by atoms with Gasteiger partial charge in [0.15, 0.2) is 0 Å². The van der Waals surface area contributed by atoms with E-state index in [-0.39, 0.29) is 5.82 Å². The van der Waals surface area contributed by atoms with Gasteiger partial charge in [0.25, 0.3) is 0 Å². The van der Waals surface area contributed by atoms with Crippen LogP contribution in [0.5, 0.6) is 0 Å². The van der Waals surface area contributed by atoms with Crippen molar-refractivity contribution < 1.29 is 4.39 Å². The number of hydrogen-bond donors (Lipinski definition) is 1. The second-order valence-electron chi connectivity index (χ2n) is 4.85. The van der Waals surface area contributed by atoms with Crippen molar-refractivity contribution >= 4 is 27.3 Å². The van der Waals surface area contributed by atoms with E-state index in [0.717, 1.165) is 6.42 Å². The van der Waals surface area contributed by atoms with Crippen LogP contribution in [0.1, 0.15) is 18.1 Å². The summed E-state index contributed by atoms with van der Waals surface area (Å²) in [6.45, 7) is 2.82. The number of nitrogen functional groups attached to an aromatic ring is 1. The quantitative estimate of drug-likeness (QED) is 0.840. The van der Waals surface area contributed by atoms with Crippen molar-refractivity contribution in [1.29, 1.82) is 0 Å². The smallest absolute Gasteiger partial charge is 0.139 e. The summed E-state index contributed by atoms with van der Waals surface area (Å²) in [5.74, 6) is -0.303. The lowest BCUT2D eigenvalue weighted by Gasteiger charge is -2.21. The molecule has 2 N–H and O–H groups in total. The second kappa shape index (κ2) is 6.27. The Balaban J connectivity index is 2.18. The van der Waals surface area contributed by atoms with Crippen LogP contribution in [0.25, 0.3) is 0 Å². The predicted octanol–water partition coefficient (Wildman–Crippen LogP) is 4.37. The van der Waals surface area contributed by atoms with E-state index in [9.17, 15) is 4.39 Å². The fraction of sp³-hybridized carbons (Fsp3) is 0.250. The molecule has 0 saturated carbocycles. The van der Waals surface area contributed by atoms with E-state index in [1.165, 1.54) is 17.2 Å². The molecule has 4 heteroatoms. The molecular weight excluding hydrogens is 319 g/mol. The number of hydrogen-bond acceptors (Lipinski definition) is 2. The van der Waals surface area contributed by atoms with Crippen molar-refractivity contribution in [3.63, 3.8) is 0 Å². The van der Waals surface area contributed by atoms with Crippen molar-refractivity contribution in [3.8, 4) is 0 Å². The summed E-state index contributed by atoms with van der Waals surface area (Å²) in [6, 6.07) is 11.5. The normalized spacial score (nSPS) is 10.6. The molecule has 0 saturated heterocycles. The molecule has 0 aliphatic heterocycles. The van der Waals surface area contributed by atoms with Gasteiger partial charge in [0.1, 0.15) is 5.82 Å². The van der Waals surface area contributed by atoms with E-state index in [2.05, 4.69) is 47.1 Å². The Bertz CT molecular complexity index is 596. The minimum atomic E-state index is -0.303. The fourth-order valence-corrected chi connectivity index (χ4v) is 2.48. The van der Waals surface area contributed by atoms with Gasteiger partial charge in [-0.25, -0.2) is 4.39 Å². The Hall–Kier alpha value is -1.55. The summed E-state index contributed by atoms with van der Waals surface area (Å²) in [5, 5.41) is 0. The van der Waals surface area contributed by atoms with Gasteiger partial charge >= 0.3 is 0 Å². The highest BCUT2D eigenvalue weighted by Crippen LogP contribution is 2.29. The Labute approximate surface area is 127 Å². The number of anilines is 2. The van der Waals surface area contributed by atoms with Crippen molar-refractivity contribution in [1.82, 2.24) is 0 Å². The summed E-state index contributed by atoms with van der Waals surface area (Å²) in [7, 11) is 1.91. The van der Waals surface area contributed by atoms with Gasteiger partial charge in [0.05, 0.1) is 15.8 Å². The number of nitrogens with zero attached hydrogens (tertiary/aromatic N) is 1. The van der Waals surface area contributed by atoms with Crippen LogP contribution in [0, 0.1) is 5.82 Å². The molecule has 20 heavy (non-hydrogen) atoms. The number of benzene rings is 2. The number of rotatable bonds is 4. The first-order valence-electron chi connectivity index (χ1n) is 6.54. The Morgan fingerprint density at radius 2 is 1.75 bits per heavy atom. The molecule has 0 aromatic heterocycles. The van der Waals surface area contributed by atoms with Crippen LogP contribution >= 0.6 is 15.9 Å². The van der Waals surface area contributed by atoms with Gasteiger partial charge in [0.2, 0.25) is 0 Å². The highest BCUT2D eigenvalue weighted by Gasteiger charge is 2.10. The van der Waals surface area contributed by atoms with Crippen LogP contribution in [-0.2, 0) is 13.0 Å². The molecule has 0 aliphatic carbocycles. The van der Waals surface area contributed by atoms with Crippen molar-refractivity contribution in [3.05, 3.63) is 57.8 Å². The van der Waals surface area contributed by atoms with Crippen LogP contribution in [0.15, 0.2) is 40.9 Å². The lowest BCUT2D eigenvalue weighted by molar-refractivity contribution is 0.620. The maximum atomic E-state index is 13.6. The van der Waals surface area contributed by atoms with Crippen LogP contribution in [0.3, 0.4) is 0 Å². The molecule has 0 aliphatic rings. The van der Waals surface area contributed by atoms with Gasteiger partial charge < -0.3 is 10.6 Å². The van der Waals surface area contributed by atoms with E-state index in [0.29, 0.717) is 22.4 Å².